The summed E-state index contributed by atoms with van der Waals surface area (Å²) < 4.78 is 26.6. The number of benzene rings is 1. The Morgan fingerprint density at radius 3 is 2.78 bits per heavy atom. The van der Waals surface area contributed by atoms with Crippen LogP contribution in [0.25, 0.3) is 0 Å². The molecule has 4 fully saturated rings. The monoisotopic (exact) mass is 444 g/mol. The standard InChI is InChI=1S/C26H36FNO4/c1-15(13-27)14-28-10-9-25-20-16-5-6-17(29)21(20)32-22(25)26(31-4)8-7-24(25,19(28)11-16)12-18(26)23(2,3)30/h5-6,15,18-19,22,29-30H,7-14H2,1-4H3/t15-,18-,19-,22-,24-,25+,26-/m1/s1/i27-1. The molecule has 1 aromatic carbocycles. The lowest BCUT2D eigenvalue weighted by atomic mass is 9.34. The Morgan fingerprint density at radius 2 is 2.09 bits per heavy atom. The highest BCUT2D eigenvalue weighted by Crippen LogP contribution is 2.77. The highest BCUT2D eigenvalue weighted by molar-refractivity contribution is 5.63. The molecule has 0 amide bonds. The number of alkyl halides is 1. The molecule has 6 aliphatic rings. The summed E-state index contributed by atoms with van der Waals surface area (Å²) in [4.78, 5) is 2.53. The molecule has 2 aliphatic heterocycles. The van der Waals surface area contributed by atoms with Gasteiger partial charge in [0.1, 0.15) is 11.7 Å². The maximum Gasteiger partial charge on any atom is 0.165 e. The number of rotatable bonds is 5. The van der Waals surface area contributed by atoms with E-state index in [0.29, 0.717) is 5.75 Å². The van der Waals surface area contributed by atoms with Gasteiger partial charge < -0.3 is 19.7 Å². The molecule has 2 heterocycles. The van der Waals surface area contributed by atoms with Crippen LogP contribution in [0.5, 0.6) is 11.5 Å². The van der Waals surface area contributed by atoms with Crippen molar-refractivity contribution in [3.05, 3.63) is 23.3 Å². The number of likely N-dealkylation sites (tertiary alicyclic amines) is 1. The summed E-state index contributed by atoms with van der Waals surface area (Å²) in [7, 11) is 1.76. The number of methoxy groups -OCH3 is 1. The van der Waals surface area contributed by atoms with Gasteiger partial charge >= 0.3 is 0 Å². The van der Waals surface area contributed by atoms with Crippen molar-refractivity contribution < 1.29 is 24.1 Å². The first kappa shape index (κ1) is 21.2. The normalized spacial score (nSPS) is 42.5. The van der Waals surface area contributed by atoms with E-state index in [1.807, 2.05) is 20.8 Å². The number of phenols is 1. The summed E-state index contributed by atoms with van der Waals surface area (Å²) in [6, 6.07) is 4.11. The number of fused-ring (bicyclic) bond motifs is 2. The van der Waals surface area contributed by atoms with Crippen LogP contribution in [-0.4, -0.2) is 65.3 Å². The Hall–Kier alpha value is -1.37. The third-order valence-electron chi connectivity index (χ3n) is 10.1. The lowest BCUT2D eigenvalue weighted by molar-refractivity contribution is -0.300. The topological polar surface area (TPSA) is 62.2 Å². The lowest BCUT2D eigenvalue weighted by Crippen LogP contribution is -2.82. The molecule has 5 nitrogen and oxygen atoms in total. The molecule has 7 atom stereocenters. The lowest BCUT2D eigenvalue weighted by Gasteiger charge is -2.75. The van der Waals surface area contributed by atoms with Gasteiger partial charge in [0.15, 0.2) is 11.5 Å². The van der Waals surface area contributed by atoms with Gasteiger partial charge in [-0.05, 0) is 70.0 Å². The molecular weight excluding hydrogens is 408 g/mol. The van der Waals surface area contributed by atoms with Crippen LogP contribution in [0.15, 0.2) is 12.1 Å². The van der Waals surface area contributed by atoms with Gasteiger partial charge in [0.05, 0.1) is 12.3 Å². The quantitative estimate of drug-likeness (QED) is 0.727. The van der Waals surface area contributed by atoms with Crippen LogP contribution in [0.2, 0.25) is 0 Å². The second-order valence-corrected chi connectivity index (χ2v) is 11.9. The van der Waals surface area contributed by atoms with Gasteiger partial charge in [0.2, 0.25) is 0 Å². The van der Waals surface area contributed by atoms with Crippen molar-refractivity contribution in [2.75, 3.05) is 26.9 Å². The largest absolute Gasteiger partial charge is 0.504 e. The van der Waals surface area contributed by atoms with Crippen molar-refractivity contribution in [2.45, 2.75) is 81.6 Å². The van der Waals surface area contributed by atoms with Crippen molar-refractivity contribution in [1.29, 1.82) is 0 Å². The Kier molecular flexibility index (Phi) is 4.23. The molecule has 6 heteroatoms. The predicted molar refractivity (Wildman–Crippen MR) is 119 cm³/mol. The zero-order chi connectivity index (χ0) is 22.7. The van der Waals surface area contributed by atoms with Gasteiger partial charge in [-0.15, -0.1) is 0 Å². The van der Waals surface area contributed by atoms with Gasteiger partial charge in [0, 0.05) is 42.0 Å². The molecule has 4 bridgehead atoms. The predicted octanol–water partition coefficient (Wildman–Crippen LogP) is 3.58. The van der Waals surface area contributed by atoms with Crippen molar-refractivity contribution in [2.24, 2.45) is 17.3 Å². The number of halogens is 1. The Labute approximate surface area is 189 Å². The summed E-state index contributed by atoms with van der Waals surface area (Å²) in [5, 5.41) is 22.2. The van der Waals surface area contributed by atoms with Gasteiger partial charge in [-0.3, -0.25) is 9.29 Å². The molecule has 1 saturated heterocycles. The van der Waals surface area contributed by atoms with Crippen LogP contribution in [0.1, 0.15) is 57.6 Å². The fourth-order valence-corrected chi connectivity index (χ4v) is 9.05. The van der Waals surface area contributed by atoms with Crippen LogP contribution < -0.4 is 4.74 Å². The second kappa shape index (κ2) is 6.39. The zero-order valence-corrected chi connectivity index (χ0v) is 19.7. The number of hydrogen-bond donors (Lipinski definition) is 2. The van der Waals surface area contributed by atoms with E-state index in [4.69, 9.17) is 9.47 Å². The van der Waals surface area contributed by atoms with Crippen LogP contribution >= 0.6 is 0 Å². The van der Waals surface area contributed by atoms with Gasteiger partial charge in [-0.1, -0.05) is 13.0 Å². The Balaban J connectivity index is 1.60. The van der Waals surface area contributed by atoms with Gasteiger partial charge in [-0.25, -0.2) is 0 Å². The average molecular weight is 445 g/mol. The molecule has 0 radical (unpaired) electrons. The van der Waals surface area contributed by atoms with E-state index in [1.165, 1.54) is 11.1 Å². The van der Waals surface area contributed by atoms with E-state index in [-0.39, 0.29) is 47.2 Å². The van der Waals surface area contributed by atoms with Gasteiger partial charge in [-0.2, -0.15) is 0 Å². The van der Waals surface area contributed by atoms with Crippen LogP contribution in [0.3, 0.4) is 0 Å². The number of piperidine rings is 1. The molecule has 1 aromatic rings. The number of aliphatic hydroxyl groups is 1. The van der Waals surface area contributed by atoms with Crippen LogP contribution in [0, 0.1) is 17.3 Å². The van der Waals surface area contributed by atoms with E-state index >= 15 is 0 Å². The maximum absolute atomic E-state index is 13.5. The minimum absolute atomic E-state index is 0.00294. The average Bonchev–Trinajstić information content (AvgIpc) is 3.13. The summed E-state index contributed by atoms with van der Waals surface area (Å²) in [5.41, 5.74) is 0.628. The fraction of sp³-hybridized carbons (Fsp3) is 0.769. The second-order valence-electron chi connectivity index (χ2n) is 11.9. The molecule has 2 N–H and O–H groups in total. The molecule has 0 aromatic heterocycles. The summed E-state index contributed by atoms with van der Waals surface area (Å²) >= 11 is 0. The SMILES string of the molecule is CO[C@]12CC[C@@]3(C[C@@H]1C(C)(C)O)[C@H]1Cc4ccc(O)c5c4[C@@]3(CCN1C[C@H](C)C[18F])[C@H]2O5. The van der Waals surface area contributed by atoms with E-state index in [2.05, 4.69) is 11.0 Å². The van der Waals surface area contributed by atoms with E-state index in [0.717, 1.165) is 45.2 Å². The summed E-state index contributed by atoms with van der Waals surface area (Å²) in [6.07, 6.45) is 4.27. The minimum atomic E-state index is -0.920. The molecule has 3 saturated carbocycles. The third kappa shape index (κ3) is 2.20. The van der Waals surface area contributed by atoms with Crippen molar-refractivity contribution >= 4 is 0 Å². The fourth-order valence-electron chi connectivity index (χ4n) is 9.05. The summed E-state index contributed by atoms with van der Waals surface area (Å²) in [6.45, 7) is 7.14. The number of aromatic hydroxyl groups is 1. The molecule has 4 aliphatic carbocycles. The molecule has 0 unspecified atom stereocenters. The Morgan fingerprint density at radius 1 is 1.31 bits per heavy atom. The molecule has 32 heavy (non-hydrogen) atoms. The van der Waals surface area contributed by atoms with E-state index < -0.39 is 11.2 Å². The highest BCUT2D eigenvalue weighted by Gasteiger charge is 2.81. The summed E-state index contributed by atoms with van der Waals surface area (Å²) in [5.74, 6) is 0.773. The smallest absolute Gasteiger partial charge is 0.165 e. The maximum atomic E-state index is 13.5. The van der Waals surface area contributed by atoms with Crippen molar-refractivity contribution in [3.63, 3.8) is 0 Å². The first-order valence-corrected chi connectivity index (χ1v) is 12.2. The first-order chi connectivity index (χ1) is 15.1. The van der Waals surface area contributed by atoms with E-state index in [1.54, 1.807) is 13.2 Å². The van der Waals surface area contributed by atoms with Crippen LogP contribution in [-0.2, 0) is 16.6 Å². The molecule has 7 rings (SSSR count). The zero-order valence-electron chi connectivity index (χ0n) is 19.7. The minimum Gasteiger partial charge on any atom is -0.504 e. The number of nitrogens with zero attached hydrogens (tertiary/aromatic N) is 1. The Bertz CT molecular complexity index is 962. The number of phenolic OH excluding ortho intramolecular Hbond substituents is 1. The first-order valence-electron chi connectivity index (χ1n) is 12.2. The third-order valence-corrected chi connectivity index (χ3v) is 10.1. The number of hydrogen-bond acceptors (Lipinski definition) is 5. The number of ether oxygens (including phenoxy) is 2. The highest BCUT2D eigenvalue weighted by atomic mass is 18.2. The van der Waals surface area contributed by atoms with Crippen molar-refractivity contribution in [1.82, 2.24) is 4.90 Å². The van der Waals surface area contributed by atoms with Crippen molar-refractivity contribution in [3.8, 4) is 11.5 Å². The molecule has 176 valence electrons. The molecule has 2 spiro atoms. The van der Waals surface area contributed by atoms with Gasteiger partial charge in [0.25, 0.3) is 0 Å². The van der Waals surface area contributed by atoms with Crippen LogP contribution in [0.4, 0.5) is 4.39 Å². The molecular formula is C26H36FNO4. The van der Waals surface area contributed by atoms with E-state index in [9.17, 15) is 14.6 Å².